The van der Waals surface area contributed by atoms with Crippen molar-refractivity contribution in [3.8, 4) is 0 Å². The first-order valence-electron chi connectivity index (χ1n) is 9.75. The number of halogens is 2. The molecule has 0 atom stereocenters. The molecule has 1 aromatic heterocycles. The summed E-state index contributed by atoms with van der Waals surface area (Å²) < 4.78 is 15.1. The topological polar surface area (TPSA) is 79.3 Å². The number of urea groups is 1. The lowest BCUT2D eigenvalue weighted by Crippen LogP contribution is -2.31. The van der Waals surface area contributed by atoms with Crippen LogP contribution in [0.1, 0.15) is 23.2 Å². The van der Waals surface area contributed by atoms with E-state index in [0.717, 1.165) is 37.0 Å². The molecule has 0 radical (unpaired) electrons. The van der Waals surface area contributed by atoms with Crippen molar-refractivity contribution < 1.29 is 14.0 Å². The van der Waals surface area contributed by atoms with E-state index in [1.165, 1.54) is 18.2 Å². The lowest BCUT2D eigenvalue weighted by atomic mass is 10.1. The Bertz CT molecular complexity index is 1090. The molecule has 1 fully saturated rings. The van der Waals surface area contributed by atoms with Gasteiger partial charge >= 0.3 is 6.03 Å². The van der Waals surface area contributed by atoms with E-state index in [-0.39, 0.29) is 10.9 Å². The minimum Gasteiger partial charge on any atom is -0.339 e. The highest BCUT2D eigenvalue weighted by Crippen LogP contribution is 2.20. The van der Waals surface area contributed by atoms with Gasteiger partial charge in [-0.25, -0.2) is 14.2 Å². The van der Waals surface area contributed by atoms with E-state index in [1.54, 1.807) is 6.33 Å². The highest BCUT2D eigenvalue weighted by molar-refractivity contribution is 6.31. The van der Waals surface area contributed by atoms with Crippen LogP contribution < -0.4 is 10.6 Å². The lowest BCUT2D eigenvalue weighted by Gasteiger charge is -2.15. The Morgan fingerprint density at radius 3 is 2.70 bits per heavy atom. The first-order chi connectivity index (χ1) is 14.5. The number of carbonyl (C=O) groups excluding carboxylic acids is 2. The first kappa shape index (κ1) is 20.2. The average molecular weight is 430 g/mol. The fraction of sp³-hybridized carbons (Fsp3) is 0.286. The van der Waals surface area contributed by atoms with Crippen molar-refractivity contribution >= 4 is 40.3 Å². The zero-order valence-electron chi connectivity index (χ0n) is 16.2. The molecule has 2 aromatic carbocycles. The Hall–Kier alpha value is -3.13. The molecule has 1 saturated heterocycles. The number of nitrogens with zero attached hydrogens (tertiary/aromatic N) is 3. The molecule has 0 unspecified atom stereocenters. The highest BCUT2D eigenvalue weighted by Gasteiger charge is 2.20. The van der Waals surface area contributed by atoms with Crippen LogP contribution in [-0.2, 0) is 6.54 Å². The van der Waals surface area contributed by atoms with Crippen LogP contribution in [0.4, 0.5) is 14.9 Å². The number of anilines is 1. The summed E-state index contributed by atoms with van der Waals surface area (Å²) >= 11 is 5.71. The Balaban J connectivity index is 1.34. The van der Waals surface area contributed by atoms with E-state index >= 15 is 0 Å². The predicted molar refractivity (Wildman–Crippen MR) is 113 cm³/mol. The summed E-state index contributed by atoms with van der Waals surface area (Å²) in [5, 5.41) is 5.29. The van der Waals surface area contributed by atoms with Crippen molar-refractivity contribution in [3.63, 3.8) is 0 Å². The fourth-order valence-electron chi connectivity index (χ4n) is 3.52. The van der Waals surface area contributed by atoms with Crippen LogP contribution in [0.25, 0.3) is 11.0 Å². The van der Waals surface area contributed by atoms with Crippen molar-refractivity contribution in [2.75, 3.05) is 25.0 Å². The second-order valence-electron chi connectivity index (χ2n) is 7.15. The van der Waals surface area contributed by atoms with E-state index in [0.29, 0.717) is 24.3 Å². The summed E-state index contributed by atoms with van der Waals surface area (Å²) in [6, 6.07) is 9.07. The highest BCUT2D eigenvalue weighted by atomic mass is 35.5. The number of imidazole rings is 1. The summed E-state index contributed by atoms with van der Waals surface area (Å²) in [4.78, 5) is 30.8. The van der Waals surface area contributed by atoms with Crippen molar-refractivity contribution in [2.45, 2.75) is 19.4 Å². The SMILES string of the molecule is O=C(NCCn1cnc2cc(C(=O)N3CCCC3)ccc21)Nc1ccc(F)c(Cl)c1. The number of carbonyl (C=O) groups is 2. The van der Waals surface area contributed by atoms with Crippen molar-refractivity contribution in [2.24, 2.45) is 0 Å². The van der Waals surface area contributed by atoms with Crippen LogP contribution in [0, 0.1) is 5.82 Å². The quantitative estimate of drug-likeness (QED) is 0.645. The van der Waals surface area contributed by atoms with Gasteiger partial charge in [-0.1, -0.05) is 11.6 Å². The standard InChI is InChI=1S/C21H21ClFN5O2/c22-16-12-15(4-5-17(16)23)26-21(30)24-7-10-28-13-25-18-11-14(3-6-19(18)28)20(29)27-8-1-2-9-27/h3-6,11-13H,1-2,7-10H2,(H2,24,26,30). The summed E-state index contributed by atoms with van der Waals surface area (Å²) in [5.41, 5.74) is 2.68. The van der Waals surface area contributed by atoms with Crippen LogP contribution in [0.3, 0.4) is 0 Å². The van der Waals surface area contributed by atoms with E-state index in [4.69, 9.17) is 11.6 Å². The minimum atomic E-state index is -0.542. The maximum atomic E-state index is 13.2. The van der Waals surface area contributed by atoms with E-state index < -0.39 is 11.8 Å². The van der Waals surface area contributed by atoms with Crippen LogP contribution in [-0.4, -0.2) is 46.0 Å². The predicted octanol–water partition coefficient (Wildman–Crippen LogP) is 3.89. The molecular weight excluding hydrogens is 409 g/mol. The van der Waals surface area contributed by atoms with Gasteiger partial charge in [0.2, 0.25) is 0 Å². The van der Waals surface area contributed by atoms with E-state index in [2.05, 4.69) is 15.6 Å². The summed E-state index contributed by atoms with van der Waals surface area (Å²) in [5.74, 6) is -0.497. The maximum absolute atomic E-state index is 13.2. The zero-order valence-corrected chi connectivity index (χ0v) is 17.0. The van der Waals surface area contributed by atoms with Gasteiger partial charge in [-0.05, 0) is 49.2 Å². The number of benzene rings is 2. The van der Waals surface area contributed by atoms with Crippen molar-refractivity contribution in [1.82, 2.24) is 19.8 Å². The first-order valence-corrected chi connectivity index (χ1v) is 10.1. The number of likely N-dealkylation sites (tertiary alicyclic amines) is 1. The largest absolute Gasteiger partial charge is 0.339 e. The Labute approximate surface area is 177 Å². The molecule has 30 heavy (non-hydrogen) atoms. The van der Waals surface area contributed by atoms with Crippen molar-refractivity contribution in [1.29, 1.82) is 0 Å². The lowest BCUT2D eigenvalue weighted by molar-refractivity contribution is 0.0793. The molecule has 0 spiro atoms. The molecule has 2 N–H and O–H groups in total. The van der Waals surface area contributed by atoms with Gasteiger partial charge in [0.1, 0.15) is 5.82 Å². The summed E-state index contributed by atoms with van der Waals surface area (Å²) in [6.45, 7) is 2.49. The molecule has 4 rings (SSSR count). The number of nitrogens with one attached hydrogen (secondary N) is 2. The average Bonchev–Trinajstić information content (AvgIpc) is 3.40. The molecule has 0 bridgehead atoms. The van der Waals surface area contributed by atoms with Gasteiger partial charge in [-0.3, -0.25) is 4.79 Å². The third-order valence-corrected chi connectivity index (χ3v) is 5.37. The molecule has 7 nitrogen and oxygen atoms in total. The number of aromatic nitrogens is 2. The monoisotopic (exact) mass is 429 g/mol. The van der Waals surface area contributed by atoms with E-state index in [9.17, 15) is 14.0 Å². The molecule has 1 aliphatic rings. The van der Waals surface area contributed by atoms with Gasteiger partial charge in [0.25, 0.3) is 5.91 Å². The van der Waals surface area contributed by atoms with Gasteiger partial charge in [-0.15, -0.1) is 0 Å². The van der Waals surface area contributed by atoms with Gasteiger partial charge in [0.05, 0.1) is 22.4 Å². The third kappa shape index (κ3) is 4.38. The Morgan fingerprint density at radius 1 is 1.13 bits per heavy atom. The number of hydrogen-bond acceptors (Lipinski definition) is 3. The molecular formula is C21H21ClFN5O2. The molecule has 9 heteroatoms. The van der Waals surface area contributed by atoms with Crippen LogP contribution in [0.2, 0.25) is 5.02 Å². The fourth-order valence-corrected chi connectivity index (χ4v) is 3.70. The molecule has 0 aliphatic carbocycles. The Morgan fingerprint density at radius 2 is 1.93 bits per heavy atom. The number of hydrogen-bond donors (Lipinski definition) is 2. The third-order valence-electron chi connectivity index (χ3n) is 5.08. The molecule has 2 heterocycles. The molecule has 0 saturated carbocycles. The summed E-state index contributed by atoms with van der Waals surface area (Å²) in [6.07, 6.45) is 3.79. The smallest absolute Gasteiger partial charge is 0.319 e. The van der Waals surface area contributed by atoms with Crippen LogP contribution in [0.5, 0.6) is 0 Å². The van der Waals surface area contributed by atoms with Gasteiger partial charge in [-0.2, -0.15) is 0 Å². The molecule has 156 valence electrons. The molecule has 1 aliphatic heterocycles. The normalized spacial score (nSPS) is 13.6. The van der Waals surface area contributed by atoms with Gasteiger partial charge < -0.3 is 20.1 Å². The van der Waals surface area contributed by atoms with Gasteiger partial charge in [0, 0.05) is 37.4 Å². The second kappa shape index (κ2) is 8.71. The van der Waals surface area contributed by atoms with E-state index in [1.807, 2.05) is 27.7 Å². The molecule has 3 amide bonds. The van der Waals surface area contributed by atoms with Crippen LogP contribution >= 0.6 is 11.6 Å². The number of amides is 3. The van der Waals surface area contributed by atoms with Crippen LogP contribution in [0.15, 0.2) is 42.7 Å². The molecule has 3 aromatic rings. The number of fused-ring (bicyclic) bond motifs is 1. The zero-order chi connectivity index (χ0) is 21.1. The summed E-state index contributed by atoms with van der Waals surface area (Å²) in [7, 11) is 0. The van der Waals surface area contributed by atoms with Gasteiger partial charge in [0.15, 0.2) is 0 Å². The minimum absolute atomic E-state index is 0.0446. The second-order valence-corrected chi connectivity index (χ2v) is 7.56. The van der Waals surface area contributed by atoms with Crippen molar-refractivity contribution in [3.05, 3.63) is 59.1 Å². The number of rotatable bonds is 5. The Kier molecular flexibility index (Phi) is 5.85. The maximum Gasteiger partial charge on any atom is 0.319 e.